The predicted molar refractivity (Wildman–Crippen MR) is 92.1 cm³/mol. The summed E-state index contributed by atoms with van der Waals surface area (Å²) in [5.74, 6) is 0. The van der Waals surface area contributed by atoms with Gasteiger partial charge < -0.3 is 14.5 Å². The van der Waals surface area contributed by atoms with Crippen LogP contribution in [0.15, 0.2) is 12.1 Å². The number of nitrogens with one attached hydrogen (secondary N) is 1. The number of fused-ring (bicyclic) bond motifs is 1. The monoisotopic (exact) mass is 343 g/mol. The van der Waals surface area contributed by atoms with Crippen molar-refractivity contribution in [1.29, 1.82) is 0 Å². The molecule has 0 saturated carbocycles. The lowest BCUT2D eigenvalue weighted by molar-refractivity contribution is 0.188. The van der Waals surface area contributed by atoms with Crippen molar-refractivity contribution < 1.29 is 0 Å². The highest BCUT2D eigenvalue weighted by Crippen LogP contribution is 2.32. The fourth-order valence-corrected chi connectivity index (χ4v) is 3.88. The van der Waals surface area contributed by atoms with Crippen molar-refractivity contribution in [2.75, 3.05) is 19.6 Å². The van der Waals surface area contributed by atoms with E-state index in [1.165, 1.54) is 13.0 Å². The Hall–Kier alpha value is -0.550. The third-order valence-corrected chi connectivity index (χ3v) is 5.24. The summed E-state index contributed by atoms with van der Waals surface area (Å²) in [7, 11) is 0. The van der Waals surface area contributed by atoms with Crippen LogP contribution >= 0.6 is 35.4 Å². The Morgan fingerprint density at radius 3 is 2.57 bits per heavy atom. The van der Waals surface area contributed by atoms with Crippen LogP contribution < -0.4 is 0 Å². The normalized spacial score (nSPS) is 17.7. The molecule has 1 aliphatic heterocycles. The molecule has 0 radical (unpaired) electrons. The first-order chi connectivity index (χ1) is 10.1. The van der Waals surface area contributed by atoms with Crippen molar-refractivity contribution in [2.45, 2.75) is 32.2 Å². The van der Waals surface area contributed by atoms with Gasteiger partial charge in [0.2, 0.25) is 0 Å². The van der Waals surface area contributed by atoms with E-state index in [-0.39, 0.29) is 0 Å². The second kappa shape index (κ2) is 6.29. The molecule has 0 amide bonds. The van der Waals surface area contributed by atoms with Crippen LogP contribution in [-0.2, 0) is 0 Å². The maximum absolute atomic E-state index is 6.17. The zero-order valence-electron chi connectivity index (χ0n) is 12.0. The van der Waals surface area contributed by atoms with Crippen LogP contribution in [0, 0.1) is 4.77 Å². The molecule has 2 heterocycles. The Morgan fingerprint density at radius 1 is 1.24 bits per heavy atom. The average Bonchev–Trinajstić information content (AvgIpc) is 2.76. The van der Waals surface area contributed by atoms with Gasteiger partial charge in [0.15, 0.2) is 4.77 Å². The summed E-state index contributed by atoms with van der Waals surface area (Å²) in [5.41, 5.74) is 2.02. The van der Waals surface area contributed by atoms with E-state index < -0.39 is 0 Å². The largest absolute Gasteiger partial charge is 0.331 e. The minimum absolute atomic E-state index is 0.441. The topological polar surface area (TPSA) is 24.0 Å². The van der Waals surface area contributed by atoms with Crippen LogP contribution in [0.3, 0.4) is 0 Å². The molecule has 3 nitrogen and oxygen atoms in total. The lowest BCUT2D eigenvalue weighted by Crippen LogP contribution is -2.35. The summed E-state index contributed by atoms with van der Waals surface area (Å²) in [6, 6.07) is 4.22. The predicted octanol–water partition coefficient (Wildman–Crippen LogP) is 5.05. The quantitative estimate of drug-likeness (QED) is 0.788. The minimum atomic E-state index is 0.441. The highest BCUT2D eigenvalue weighted by atomic mass is 35.5. The first-order valence-electron chi connectivity index (χ1n) is 7.41. The Labute approximate surface area is 139 Å². The van der Waals surface area contributed by atoms with Crippen LogP contribution in [-0.4, -0.2) is 34.1 Å². The molecule has 3 rings (SSSR count). The number of piperidine rings is 1. The maximum atomic E-state index is 6.17. The SMILES string of the molecule is CCCN1CCC(n2c(=S)[nH]c3cc(Cl)c(Cl)cc32)CC1. The Morgan fingerprint density at radius 2 is 1.90 bits per heavy atom. The van der Waals surface area contributed by atoms with Crippen LogP contribution in [0.5, 0.6) is 0 Å². The van der Waals surface area contributed by atoms with E-state index in [1.54, 1.807) is 0 Å². The van der Waals surface area contributed by atoms with Gasteiger partial charge in [0.05, 0.1) is 21.1 Å². The van der Waals surface area contributed by atoms with E-state index in [0.29, 0.717) is 16.1 Å². The number of rotatable bonds is 3. The Kier molecular flexibility index (Phi) is 4.60. The van der Waals surface area contributed by atoms with Crippen molar-refractivity contribution in [3.05, 3.63) is 26.9 Å². The van der Waals surface area contributed by atoms with Gasteiger partial charge in [-0.05, 0) is 50.2 Å². The van der Waals surface area contributed by atoms with Crippen molar-refractivity contribution in [1.82, 2.24) is 14.5 Å². The second-order valence-electron chi connectivity index (χ2n) is 5.66. The number of hydrogen-bond donors (Lipinski definition) is 1. The van der Waals surface area contributed by atoms with Crippen molar-refractivity contribution in [3.8, 4) is 0 Å². The molecule has 1 aromatic carbocycles. The summed E-state index contributed by atoms with van der Waals surface area (Å²) < 4.78 is 2.98. The van der Waals surface area contributed by atoms with Crippen LogP contribution in [0.1, 0.15) is 32.2 Å². The molecule has 1 fully saturated rings. The summed E-state index contributed by atoms with van der Waals surface area (Å²) in [6.45, 7) is 5.68. The molecule has 1 saturated heterocycles. The van der Waals surface area contributed by atoms with Gasteiger partial charge in [0.25, 0.3) is 0 Å². The minimum Gasteiger partial charge on any atom is -0.331 e. The van der Waals surface area contributed by atoms with Crippen molar-refractivity contribution in [2.24, 2.45) is 0 Å². The Balaban J connectivity index is 1.92. The molecule has 0 unspecified atom stereocenters. The van der Waals surface area contributed by atoms with E-state index >= 15 is 0 Å². The second-order valence-corrected chi connectivity index (χ2v) is 6.86. The molecule has 0 spiro atoms. The van der Waals surface area contributed by atoms with E-state index in [4.69, 9.17) is 35.4 Å². The number of imidazole rings is 1. The molecule has 0 bridgehead atoms. The number of likely N-dealkylation sites (tertiary alicyclic amines) is 1. The standard InChI is InChI=1S/C15H19Cl2N3S/c1-2-5-19-6-3-10(4-7-19)20-14-9-12(17)11(16)8-13(14)18-15(20)21/h8-10H,2-7H2,1H3,(H,18,21). The van der Waals surface area contributed by atoms with E-state index in [1.807, 2.05) is 12.1 Å². The van der Waals surface area contributed by atoms with Gasteiger partial charge in [-0.3, -0.25) is 0 Å². The molecular weight excluding hydrogens is 325 g/mol. The number of aromatic nitrogens is 2. The maximum Gasteiger partial charge on any atom is 0.178 e. The highest BCUT2D eigenvalue weighted by molar-refractivity contribution is 7.71. The van der Waals surface area contributed by atoms with Crippen LogP contribution in [0.25, 0.3) is 11.0 Å². The summed E-state index contributed by atoms with van der Waals surface area (Å²) in [5, 5.41) is 1.14. The summed E-state index contributed by atoms with van der Waals surface area (Å²) in [6.07, 6.45) is 3.47. The molecular formula is C15H19Cl2N3S. The van der Waals surface area contributed by atoms with Gasteiger partial charge in [0.1, 0.15) is 0 Å². The molecule has 1 aromatic heterocycles. The number of aromatic amines is 1. The fourth-order valence-electron chi connectivity index (χ4n) is 3.20. The molecule has 21 heavy (non-hydrogen) atoms. The number of H-pyrrole nitrogens is 1. The third kappa shape index (κ3) is 3.00. The van der Waals surface area contributed by atoms with Crippen LogP contribution in [0.2, 0.25) is 10.0 Å². The van der Waals surface area contributed by atoms with Gasteiger partial charge in [0, 0.05) is 19.1 Å². The Bertz CT molecular complexity index is 699. The number of benzene rings is 1. The number of halogens is 2. The molecule has 114 valence electrons. The first-order valence-corrected chi connectivity index (χ1v) is 8.58. The van der Waals surface area contributed by atoms with Crippen molar-refractivity contribution >= 4 is 46.5 Å². The molecule has 1 aliphatic rings. The smallest absolute Gasteiger partial charge is 0.178 e. The third-order valence-electron chi connectivity index (χ3n) is 4.22. The summed E-state index contributed by atoms with van der Waals surface area (Å²) in [4.78, 5) is 5.78. The zero-order valence-corrected chi connectivity index (χ0v) is 14.4. The van der Waals surface area contributed by atoms with Gasteiger partial charge in [-0.25, -0.2) is 0 Å². The van der Waals surface area contributed by atoms with E-state index in [2.05, 4.69) is 21.4 Å². The molecule has 6 heteroatoms. The van der Waals surface area contributed by atoms with Gasteiger partial charge in [-0.2, -0.15) is 0 Å². The van der Waals surface area contributed by atoms with E-state index in [9.17, 15) is 0 Å². The highest BCUT2D eigenvalue weighted by Gasteiger charge is 2.22. The van der Waals surface area contributed by atoms with Gasteiger partial charge in [-0.1, -0.05) is 30.1 Å². The van der Waals surface area contributed by atoms with E-state index in [0.717, 1.165) is 41.7 Å². The molecule has 0 atom stereocenters. The van der Waals surface area contributed by atoms with Crippen LogP contribution in [0.4, 0.5) is 0 Å². The van der Waals surface area contributed by atoms with Gasteiger partial charge in [-0.15, -0.1) is 0 Å². The summed E-state index contributed by atoms with van der Waals surface area (Å²) >= 11 is 17.8. The fraction of sp³-hybridized carbons (Fsp3) is 0.533. The lowest BCUT2D eigenvalue weighted by Gasteiger charge is -2.32. The average molecular weight is 344 g/mol. The zero-order chi connectivity index (χ0) is 15.0. The first kappa shape index (κ1) is 15.3. The van der Waals surface area contributed by atoms with Crippen molar-refractivity contribution in [3.63, 3.8) is 0 Å². The number of nitrogens with zero attached hydrogens (tertiary/aromatic N) is 2. The molecule has 2 aromatic rings. The van der Waals surface area contributed by atoms with Gasteiger partial charge >= 0.3 is 0 Å². The molecule has 1 N–H and O–H groups in total. The number of hydrogen-bond acceptors (Lipinski definition) is 2. The lowest BCUT2D eigenvalue weighted by atomic mass is 10.0. The molecule has 0 aliphatic carbocycles.